The molecule has 3 rings (SSSR count). The van der Waals surface area contributed by atoms with E-state index in [1.54, 1.807) is 30.3 Å². The number of esters is 1. The summed E-state index contributed by atoms with van der Waals surface area (Å²) in [5.74, 6) is -0.933. The van der Waals surface area contributed by atoms with Gasteiger partial charge < -0.3 is 10.1 Å². The van der Waals surface area contributed by atoms with Gasteiger partial charge in [-0.3, -0.25) is 4.79 Å². The van der Waals surface area contributed by atoms with Gasteiger partial charge in [0, 0.05) is 24.3 Å². The third-order valence-corrected chi connectivity index (χ3v) is 6.27. The molecular weight excluding hydrogens is 368 g/mol. The van der Waals surface area contributed by atoms with Crippen molar-refractivity contribution in [3.05, 3.63) is 59.7 Å². The summed E-state index contributed by atoms with van der Waals surface area (Å²) >= 11 is 0. The number of rotatable bonds is 5. The Kier molecular flexibility index (Phi) is 5.57. The third kappa shape index (κ3) is 4.17. The lowest BCUT2D eigenvalue weighted by atomic mass is 10.1. The number of methoxy groups -OCH3 is 1. The van der Waals surface area contributed by atoms with Crippen LogP contribution < -0.4 is 5.32 Å². The first-order valence-corrected chi connectivity index (χ1v) is 9.96. The minimum Gasteiger partial charge on any atom is -0.465 e. The predicted molar refractivity (Wildman–Crippen MR) is 100 cm³/mol. The summed E-state index contributed by atoms with van der Waals surface area (Å²) in [6.07, 6.45) is 1.75. The SMILES string of the molecule is COC(=O)c1cccc(C(=O)Nc2ccc(S(=O)(=O)N3CCCC3)cc2)c1. The number of nitrogens with zero attached hydrogens (tertiary/aromatic N) is 1. The average molecular weight is 388 g/mol. The van der Waals surface area contributed by atoms with Gasteiger partial charge in [0.2, 0.25) is 10.0 Å². The van der Waals surface area contributed by atoms with E-state index in [9.17, 15) is 18.0 Å². The van der Waals surface area contributed by atoms with Crippen LogP contribution in [0.2, 0.25) is 0 Å². The molecule has 1 amide bonds. The topological polar surface area (TPSA) is 92.8 Å². The highest BCUT2D eigenvalue weighted by molar-refractivity contribution is 7.89. The maximum atomic E-state index is 12.5. The Hall–Kier alpha value is -2.71. The van der Waals surface area contributed by atoms with E-state index in [0.717, 1.165) is 12.8 Å². The highest BCUT2D eigenvalue weighted by Crippen LogP contribution is 2.22. The van der Waals surface area contributed by atoms with Gasteiger partial charge in [-0.05, 0) is 55.3 Å². The van der Waals surface area contributed by atoms with Crippen molar-refractivity contribution in [2.75, 3.05) is 25.5 Å². The van der Waals surface area contributed by atoms with E-state index in [0.29, 0.717) is 24.3 Å². The molecule has 0 aromatic heterocycles. The van der Waals surface area contributed by atoms with Gasteiger partial charge in [-0.25, -0.2) is 13.2 Å². The van der Waals surface area contributed by atoms with Crippen molar-refractivity contribution in [2.45, 2.75) is 17.7 Å². The predicted octanol–water partition coefficient (Wildman–Crippen LogP) is 2.51. The Balaban J connectivity index is 1.73. The number of carbonyl (C=O) groups is 2. The Bertz CT molecular complexity index is 948. The molecule has 1 fully saturated rings. The van der Waals surface area contributed by atoms with Crippen LogP contribution in [0, 0.1) is 0 Å². The van der Waals surface area contributed by atoms with Crippen LogP contribution in [-0.2, 0) is 14.8 Å². The summed E-state index contributed by atoms with van der Waals surface area (Å²) in [6, 6.07) is 12.2. The largest absolute Gasteiger partial charge is 0.465 e. The third-order valence-electron chi connectivity index (χ3n) is 4.36. The molecule has 2 aromatic carbocycles. The molecule has 2 aromatic rings. The van der Waals surface area contributed by atoms with Gasteiger partial charge in [0.1, 0.15) is 0 Å². The molecule has 1 aliphatic rings. The van der Waals surface area contributed by atoms with Crippen molar-refractivity contribution in [3.63, 3.8) is 0 Å². The molecule has 1 heterocycles. The fraction of sp³-hybridized carbons (Fsp3) is 0.263. The maximum absolute atomic E-state index is 12.5. The first kappa shape index (κ1) is 19.1. The Labute approximate surface area is 158 Å². The summed E-state index contributed by atoms with van der Waals surface area (Å²) in [5.41, 5.74) is 1.03. The number of hydrogen-bond donors (Lipinski definition) is 1. The summed E-state index contributed by atoms with van der Waals surface area (Å²) in [6.45, 7) is 1.08. The fourth-order valence-electron chi connectivity index (χ4n) is 2.90. The summed E-state index contributed by atoms with van der Waals surface area (Å²) in [7, 11) is -2.21. The number of ether oxygens (including phenoxy) is 1. The molecule has 1 N–H and O–H groups in total. The number of carbonyl (C=O) groups excluding carboxylic acids is 2. The highest BCUT2D eigenvalue weighted by Gasteiger charge is 2.26. The molecule has 0 aliphatic carbocycles. The first-order valence-electron chi connectivity index (χ1n) is 8.52. The van der Waals surface area contributed by atoms with Crippen LogP contribution >= 0.6 is 0 Å². The van der Waals surface area contributed by atoms with Crippen LogP contribution in [0.1, 0.15) is 33.6 Å². The van der Waals surface area contributed by atoms with Gasteiger partial charge in [0.05, 0.1) is 17.6 Å². The van der Waals surface area contributed by atoms with Gasteiger partial charge in [-0.2, -0.15) is 4.31 Å². The quantitative estimate of drug-likeness (QED) is 0.795. The molecule has 7 nitrogen and oxygen atoms in total. The molecule has 0 atom stereocenters. The molecule has 0 saturated carbocycles. The zero-order chi connectivity index (χ0) is 19.4. The summed E-state index contributed by atoms with van der Waals surface area (Å²) in [4.78, 5) is 24.2. The normalized spacial score (nSPS) is 14.7. The number of amides is 1. The van der Waals surface area contributed by atoms with E-state index < -0.39 is 21.9 Å². The second-order valence-electron chi connectivity index (χ2n) is 6.16. The van der Waals surface area contributed by atoms with E-state index in [4.69, 9.17) is 0 Å². The van der Waals surface area contributed by atoms with Gasteiger partial charge in [0.15, 0.2) is 0 Å². The molecule has 142 valence electrons. The van der Waals surface area contributed by atoms with Crippen molar-refractivity contribution in [1.82, 2.24) is 4.31 Å². The lowest BCUT2D eigenvalue weighted by Crippen LogP contribution is -2.27. The second-order valence-corrected chi connectivity index (χ2v) is 8.10. The molecule has 27 heavy (non-hydrogen) atoms. The molecule has 0 radical (unpaired) electrons. The fourth-order valence-corrected chi connectivity index (χ4v) is 4.41. The zero-order valence-corrected chi connectivity index (χ0v) is 15.7. The summed E-state index contributed by atoms with van der Waals surface area (Å²) < 4.78 is 31.1. The van der Waals surface area contributed by atoms with Crippen LogP contribution in [-0.4, -0.2) is 44.8 Å². The number of benzene rings is 2. The highest BCUT2D eigenvalue weighted by atomic mass is 32.2. The minimum atomic E-state index is -3.48. The van der Waals surface area contributed by atoms with E-state index in [1.165, 1.54) is 29.6 Å². The van der Waals surface area contributed by atoms with Gasteiger partial charge >= 0.3 is 5.97 Å². The lowest BCUT2D eigenvalue weighted by molar-refractivity contribution is 0.0600. The van der Waals surface area contributed by atoms with Crippen molar-refractivity contribution >= 4 is 27.6 Å². The molecule has 0 unspecified atom stereocenters. The molecule has 0 bridgehead atoms. The van der Waals surface area contributed by atoms with Crippen molar-refractivity contribution in [1.29, 1.82) is 0 Å². The first-order chi connectivity index (χ1) is 12.9. The molecule has 1 aliphatic heterocycles. The monoisotopic (exact) mass is 388 g/mol. The number of sulfonamides is 1. The van der Waals surface area contributed by atoms with E-state index in [-0.39, 0.29) is 10.5 Å². The molecule has 1 saturated heterocycles. The van der Waals surface area contributed by atoms with Crippen LogP contribution in [0.5, 0.6) is 0 Å². The van der Waals surface area contributed by atoms with Gasteiger partial charge in [-0.15, -0.1) is 0 Å². The van der Waals surface area contributed by atoms with Gasteiger partial charge in [0.25, 0.3) is 5.91 Å². The van der Waals surface area contributed by atoms with Crippen molar-refractivity contribution < 1.29 is 22.7 Å². The minimum absolute atomic E-state index is 0.204. The number of nitrogens with one attached hydrogen (secondary N) is 1. The van der Waals surface area contributed by atoms with E-state index in [1.807, 2.05) is 0 Å². The molecule has 0 spiro atoms. The van der Waals surface area contributed by atoms with Crippen LogP contribution in [0.4, 0.5) is 5.69 Å². The van der Waals surface area contributed by atoms with Crippen LogP contribution in [0.25, 0.3) is 0 Å². The Morgan fingerprint density at radius 3 is 2.26 bits per heavy atom. The number of anilines is 1. The lowest BCUT2D eigenvalue weighted by Gasteiger charge is -2.15. The van der Waals surface area contributed by atoms with E-state index >= 15 is 0 Å². The molecule has 8 heteroatoms. The second kappa shape index (κ2) is 7.89. The van der Waals surface area contributed by atoms with Gasteiger partial charge in [-0.1, -0.05) is 6.07 Å². The molecular formula is C19H20N2O5S. The standard InChI is InChI=1S/C19H20N2O5S/c1-26-19(23)15-6-4-5-14(13-15)18(22)20-16-7-9-17(10-8-16)27(24,25)21-11-2-3-12-21/h4-10,13H,2-3,11-12H2,1H3,(H,20,22). The zero-order valence-electron chi connectivity index (χ0n) is 14.8. The van der Waals surface area contributed by atoms with Crippen LogP contribution in [0.15, 0.2) is 53.4 Å². The smallest absolute Gasteiger partial charge is 0.337 e. The average Bonchev–Trinajstić information content (AvgIpc) is 3.23. The summed E-state index contributed by atoms with van der Waals surface area (Å²) in [5, 5.41) is 2.69. The van der Waals surface area contributed by atoms with Crippen molar-refractivity contribution in [2.24, 2.45) is 0 Å². The Morgan fingerprint density at radius 1 is 1.00 bits per heavy atom. The Morgan fingerprint density at radius 2 is 1.63 bits per heavy atom. The number of hydrogen-bond acceptors (Lipinski definition) is 5. The maximum Gasteiger partial charge on any atom is 0.337 e. The van der Waals surface area contributed by atoms with Crippen LogP contribution in [0.3, 0.4) is 0 Å². The van der Waals surface area contributed by atoms with E-state index in [2.05, 4.69) is 10.1 Å². The van der Waals surface area contributed by atoms with Crippen molar-refractivity contribution in [3.8, 4) is 0 Å².